The fraction of sp³-hybridized carbons (Fsp3) is 0.0625. The Bertz CT molecular complexity index is 784. The molecule has 1 heterocycles. The summed E-state index contributed by atoms with van der Waals surface area (Å²) in [6.45, 7) is 2.03. The van der Waals surface area contributed by atoms with Crippen molar-refractivity contribution >= 4 is 39.7 Å². The molecule has 100 valence electrons. The molecule has 3 aromatic rings. The zero-order chi connectivity index (χ0) is 14.1. The number of nitrogens with zero attached hydrogens (tertiary/aromatic N) is 1. The number of nitrogen functional groups attached to an aromatic ring is 1. The van der Waals surface area contributed by atoms with Crippen LogP contribution in [-0.2, 0) is 0 Å². The number of nitrogens with one attached hydrogen (secondary N) is 1. The maximum atomic E-state index is 6.18. The molecular weight excluding hydrogens is 270 g/mol. The predicted molar refractivity (Wildman–Crippen MR) is 85.6 cm³/mol. The van der Waals surface area contributed by atoms with E-state index in [-0.39, 0.29) is 0 Å². The second-order valence-electron chi connectivity index (χ2n) is 4.76. The van der Waals surface area contributed by atoms with Gasteiger partial charge in [-0.1, -0.05) is 17.7 Å². The van der Waals surface area contributed by atoms with E-state index in [0.717, 1.165) is 33.7 Å². The van der Waals surface area contributed by atoms with Crippen LogP contribution in [0.25, 0.3) is 10.9 Å². The highest BCUT2D eigenvalue weighted by Gasteiger charge is 2.03. The molecule has 4 heteroatoms. The van der Waals surface area contributed by atoms with Gasteiger partial charge < -0.3 is 11.1 Å². The second-order valence-corrected chi connectivity index (χ2v) is 5.16. The topological polar surface area (TPSA) is 50.9 Å². The molecule has 0 amide bonds. The lowest BCUT2D eigenvalue weighted by Crippen LogP contribution is -1.95. The molecule has 0 saturated carbocycles. The van der Waals surface area contributed by atoms with Gasteiger partial charge in [-0.25, -0.2) is 4.98 Å². The Morgan fingerprint density at radius 2 is 1.90 bits per heavy atom. The second kappa shape index (κ2) is 5.02. The summed E-state index contributed by atoms with van der Waals surface area (Å²) in [6, 6.07) is 15.4. The van der Waals surface area contributed by atoms with Crippen LogP contribution in [0.5, 0.6) is 0 Å². The lowest BCUT2D eigenvalue weighted by molar-refractivity contribution is 1.36. The van der Waals surface area contributed by atoms with Crippen LogP contribution >= 0.6 is 11.6 Å². The summed E-state index contributed by atoms with van der Waals surface area (Å²) < 4.78 is 0. The molecule has 0 atom stereocenters. The van der Waals surface area contributed by atoms with Crippen LogP contribution in [0.3, 0.4) is 0 Å². The highest BCUT2D eigenvalue weighted by Crippen LogP contribution is 2.26. The first kappa shape index (κ1) is 12.8. The van der Waals surface area contributed by atoms with E-state index in [1.165, 1.54) is 0 Å². The van der Waals surface area contributed by atoms with Gasteiger partial charge in [-0.15, -0.1) is 0 Å². The van der Waals surface area contributed by atoms with Crippen LogP contribution in [0.2, 0.25) is 5.02 Å². The monoisotopic (exact) mass is 283 g/mol. The van der Waals surface area contributed by atoms with E-state index in [9.17, 15) is 0 Å². The lowest BCUT2D eigenvalue weighted by atomic mass is 10.2. The summed E-state index contributed by atoms with van der Waals surface area (Å²) in [4.78, 5) is 4.56. The smallest absolute Gasteiger partial charge is 0.131 e. The quantitative estimate of drug-likeness (QED) is 0.680. The van der Waals surface area contributed by atoms with Crippen LogP contribution in [0.4, 0.5) is 17.2 Å². The van der Waals surface area contributed by atoms with Crippen molar-refractivity contribution in [2.24, 2.45) is 0 Å². The molecular formula is C16H14ClN3. The van der Waals surface area contributed by atoms with Crippen molar-refractivity contribution < 1.29 is 0 Å². The molecule has 0 radical (unpaired) electrons. The average Bonchev–Trinajstić information content (AvgIpc) is 2.43. The standard InChI is InChI=1S/C16H14ClN3/c1-10-2-5-13(17)15(8-10)20-16-7-3-11-9-12(18)4-6-14(11)19-16/h2-9H,18H2,1H3,(H,19,20). The molecule has 0 unspecified atom stereocenters. The van der Waals surface area contributed by atoms with Gasteiger partial charge in [-0.2, -0.15) is 0 Å². The Hall–Kier alpha value is -2.26. The molecule has 1 aromatic heterocycles. The summed E-state index contributed by atoms with van der Waals surface area (Å²) in [5.74, 6) is 0.759. The van der Waals surface area contributed by atoms with Crippen molar-refractivity contribution in [1.82, 2.24) is 4.98 Å². The lowest BCUT2D eigenvalue weighted by Gasteiger charge is -2.09. The van der Waals surface area contributed by atoms with Gasteiger partial charge in [0.2, 0.25) is 0 Å². The first-order chi connectivity index (χ1) is 9.61. The molecule has 0 spiro atoms. The molecule has 0 bridgehead atoms. The zero-order valence-electron chi connectivity index (χ0n) is 11.0. The van der Waals surface area contributed by atoms with E-state index < -0.39 is 0 Å². The number of pyridine rings is 1. The number of hydrogen-bond donors (Lipinski definition) is 2. The Labute approximate surface area is 122 Å². The Morgan fingerprint density at radius 3 is 2.75 bits per heavy atom. The molecule has 0 fully saturated rings. The van der Waals surface area contributed by atoms with Gasteiger partial charge in [0.15, 0.2) is 0 Å². The molecule has 2 aromatic carbocycles. The number of fused-ring (bicyclic) bond motifs is 1. The van der Waals surface area contributed by atoms with Crippen LogP contribution in [0.15, 0.2) is 48.5 Å². The van der Waals surface area contributed by atoms with E-state index >= 15 is 0 Å². The molecule has 0 aliphatic heterocycles. The SMILES string of the molecule is Cc1ccc(Cl)c(Nc2ccc3cc(N)ccc3n2)c1. The molecule has 20 heavy (non-hydrogen) atoms. The van der Waals surface area contributed by atoms with Crippen molar-refractivity contribution in [1.29, 1.82) is 0 Å². The number of anilines is 3. The minimum atomic E-state index is 0.676. The summed E-state index contributed by atoms with van der Waals surface area (Å²) >= 11 is 6.18. The normalized spacial score (nSPS) is 10.7. The third-order valence-corrected chi connectivity index (χ3v) is 3.43. The third kappa shape index (κ3) is 2.53. The van der Waals surface area contributed by atoms with Gasteiger partial charge in [-0.05, 0) is 55.0 Å². The highest BCUT2D eigenvalue weighted by molar-refractivity contribution is 6.33. The average molecular weight is 284 g/mol. The van der Waals surface area contributed by atoms with E-state index in [1.807, 2.05) is 55.5 Å². The fourth-order valence-electron chi connectivity index (χ4n) is 2.09. The van der Waals surface area contributed by atoms with Gasteiger partial charge in [0.05, 0.1) is 16.2 Å². The zero-order valence-corrected chi connectivity index (χ0v) is 11.8. The molecule has 0 aliphatic rings. The van der Waals surface area contributed by atoms with Gasteiger partial charge in [0.1, 0.15) is 5.82 Å². The number of benzene rings is 2. The molecule has 3 nitrogen and oxygen atoms in total. The summed E-state index contributed by atoms with van der Waals surface area (Å²) in [5.41, 5.74) is 9.39. The van der Waals surface area contributed by atoms with Crippen molar-refractivity contribution in [2.45, 2.75) is 6.92 Å². The number of nitrogens with two attached hydrogens (primary N) is 1. The van der Waals surface area contributed by atoms with Crippen molar-refractivity contribution in [3.8, 4) is 0 Å². The fourth-order valence-corrected chi connectivity index (χ4v) is 2.25. The van der Waals surface area contributed by atoms with E-state index in [4.69, 9.17) is 17.3 Å². The van der Waals surface area contributed by atoms with E-state index in [1.54, 1.807) is 0 Å². The largest absolute Gasteiger partial charge is 0.399 e. The van der Waals surface area contributed by atoms with Gasteiger partial charge in [-0.3, -0.25) is 0 Å². The number of halogens is 1. The van der Waals surface area contributed by atoms with Gasteiger partial charge in [0, 0.05) is 11.1 Å². The van der Waals surface area contributed by atoms with Crippen LogP contribution < -0.4 is 11.1 Å². The van der Waals surface area contributed by atoms with Crippen LogP contribution in [-0.4, -0.2) is 4.98 Å². The predicted octanol–water partition coefficient (Wildman–Crippen LogP) is 4.52. The first-order valence-electron chi connectivity index (χ1n) is 6.31. The van der Waals surface area contributed by atoms with Crippen LogP contribution in [0, 0.1) is 6.92 Å². The van der Waals surface area contributed by atoms with Gasteiger partial charge >= 0.3 is 0 Å². The third-order valence-electron chi connectivity index (χ3n) is 3.10. The molecule has 3 rings (SSSR count). The van der Waals surface area contributed by atoms with E-state index in [0.29, 0.717) is 5.02 Å². The minimum absolute atomic E-state index is 0.676. The molecule has 3 N–H and O–H groups in total. The maximum Gasteiger partial charge on any atom is 0.131 e. The van der Waals surface area contributed by atoms with E-state index in [2.05, 4.69) is 10.3 Å². The van der Waals surface area contributed by atoms with Crippen molar-refractivity contribution in [3.05, 3.63) is 59.1 Å². The number of aryl methyl sites for hydroxylation is 1. The highest BCUT2D eigenvalue weighted by atomic mass is 35.5. The number of rotatable bonds is 2. The molecule has 0 saturated heterocycles. The molecule has 0 aliphatic carbocycles. The first-order valence-corrected chi connectivity index (χ1v) is 6.69. The van der Waals surface area contributed by atoms with Crippen molar-refractivity contribution in [3.63, 3.8) is 0 Å². The summed E-state index contributed by atoms with van der Waals surface area (Å²) in [6.07, 6.45) is 0. The Kier molecular flexibility index (Phi) is 3.20. The number of hydrogen-bond acceptors (Lipinski definition) is 3. The maximum absolute atomic E-state index is 6.18. The summed E-state index contributed by atoms with van der Waals surface area (Å²) in [7, 11) is 0. The Balaban J connectivity index is 1.98. The van der Waals surface area contributed by atoms with Crippen molar-refractivity contribution in [2.75, 3.05) is 11.1 Å². The Morgan fingerprint density at radius 1 is 1.05 bits per heavy atom. The van der Waals surface area contributed by atoms with Gasteiger partial charge in [0.25, 0.3) is 0 Å². The van der Waals surface area contributed by atoms with Crippen LogP contribution in [0.1, 0.15) is 5.56 Å². The number of aromatic nitrogens is 1. The minimum Gasteiger partial charge on any atom is -0.399 e. The summed E-state index contributed by atoms with van der Waals surface area (Å²) in [5, 5.41) is 4.94.